The van der Waals surface area contributed by atoms with Gasteiger partial charge in [-0.1, -0.05) is 11.2 Å². The zero-order valence-electron chi connectivity index (χ0n) is 13.9. The molecule has 0 aliphatic carbocycles. The molecule has 0 aromatic carbocycles. The fourth-order valence-corrected chi connectivity index (χ4v) is 3.97. The first-order chi connectivity index (χ1) is 12.0. The second-order valence-corrected chi connectivity index (χ2v) is 7.39. The highest BCUT2D eigenvalue weighted by molar-refractivity contribution is 7.16. The number of aryl methyl sites for hydroxylation is 1. The number of nitrogens with zero attached hydrogens (tertiary/aromatic N) is 1. The molecule has 1 amide bonds. The van der Waals surface area contributed by atoms with Crippen LogP contribution in [0.1, 0.15) is 38.2 Å². The lowest BCUT2D eigenvalue weighted by Gasteiger charge is -2.05. The van der Waals surface area contributed by atoms with E-state index in [2.05, 4.69) is 10.5 Å². The largest absolute Gasteiger partial charge is 0.462 e. The number of carbonyl (C=O) groups is 2. The number of rotatable bonds is 5. The monoisotopic (exact) mass is 376 g/mol. The molecule has 3 heterocycles. The number of hydrogen-bond donors (Lipinski definition) is 1. The third-order valence-corrected chi connectivity index (χ3v) is 5.61. The van der Waals surface area contributed by atoms with Crippen LogP contribution in [0.15, 0.2) is 28.1 Å². The molecule has 0 saturated carbocycles. The summed E-state index contributed by atoms with van der Waals surface area (Å²) in [7, 11) is 0. The van der Waals surface area contributed by atoms with Crippen LogP contribution in [0.4, 0.5) is 5.00 Å². The number of ether oxygens (including phenoxy) is 1. The average molecular weight is 376 g/mol. The van der Waals surface area contributed by atoms with Gasteiger partial charge in [0.1, 0.15) is 5.00 Å². The number of esters is 1. The number of anilines is 1. The van der Waals surface area contributed by atoms with Crippen LogP contribution in [0, 0.1) is 13.8 Å². The lowest BCUT2D eigenvalue weighted by atomic mass is 10.1. The van der Waals surface area contributed by atoms with Crippen molar-refractivity contribution in [1.82, 2.24) is 5.16 Å². The van der Waals surface area contributed by atoms with Gasteiger partial charge in [0.2, 0.25) is 0 Å². The van der Waals surface area contributed by atoms with Crippen LogP contribution in [0.5, 0.6) is 0 Å². The smallest absolute Gasteiger partial charge is 0.341 e. The van der Waals surface area contributed by atoms with Gasteiger partial charge in [-0.15, -0.1) is 22.7 Å². The standard InChI is InChI=1S/C17H16N2O4S2/c1-4-22-17(21)14-9(2)10(3)25-16(14)18-15(20)11-8-12(23-19-11)13-6-5-7-24-13/h5-8H,4H2,1-3H3,(H,18,20). The quantitative estimate of drug-likeness (QED) is 0.663. The van der Waals surface area contributed by atoms with E-state index in [1.807, 2.05) is 31.4 Å². The van der Waals surface area contributed by atoms with Crippen molar-refractivity contribution in [2.45, 2.75) is 20.8 Å². The fourth-order valence-electron chi connectivity index (χ4n) is 2.25. The number of amides is 1. The van der Waals surface area contributed by atoms with Gasteiger partial charge in [0.15, 0.2) is 11.5 Å². The number of aromatic nitrogens is 1. The number of carbonyl (C=O) groups excluding carboxylic acids is 2. The van der Waals surface area contributed by atoms with Gasteiger partial charge >= 0.3 is 5.97 Å². The van der Waals surface area contributed by atoms with E-state index in [4.69, 9.17) is 9.26 Å². The van der Waals surface area contributed by atoms with Crippen molar-refractivity contribution in [1.29, 1.82) is 0 Å². The Balaban J connectivity index is 1.84. The Morgan fingerprint density at radius 1 is 1.36 bits per heavy atom. The Bertz CT molecular complexity index is 909. The first kappa shape index (κ1) is 17.4. The average Bonchev–Trinajstić information content (AvgIpc) is 3.29. The van der Waals surface area contributed by atoms with Crippen LogP contribution in [0.3, 0.4) is 0 Å². The van der Waals surface area contributed by atoms with Gasteiger partial charge < -0.3 is 14.6 Å². The molecule has 0 radical (unpaired) electrons. The molecule has 6 nitrogen and oxygen atoms in total. The summed E-state index contributed by atoms with van der Waals surface area (Å²) < 4.78 is 10.3. The minimum atomic E-state index is -0.445. The summed E-state index contributed by atoms with van der Waals surface area (Å²) in [5.74, 6) is -0.346. The van der Waals surface area contributed by atoms with Crippen molar-refractivity contribution < 1.29 is 18.8 Å². The van der Waals surface area contributed by atoms with Gasteiger partial charge in [-0.05, 0) is 37.8 Å². The lowest BCUT2D eigenvalue weighted by Crippen LogP contribution is -2.15. The molecular formula is C17H16N2O4S2. The van der Waals surface area contributed by atoms with E-state index in [9.17, 15) is 9.59 Å². The van der Waals surface area contributed by atoms with Crippen LogP contribution >= 0.6 is 22.7 Å². The molecule has 8 heteroatoms. The van der Waals surface area contributed by atoms with Crippen molar-refractivity contribution in [2.24, 2.45) is 0 Å². The van der Waals surface area contributed by atoms with Gasteiger partial charge in [-0.25, -0.2) is 4.79 Å². The predicted octanol–water partition coefficient (Wildman–Crippen LogP) is 4.51. The SMILES string of the molecule is CCOC(=O)c1c(NC(=O)c2cc(-c3cccs3)on2)sc(C)c1C. The summed E-state index contributed by atoms with van der Waals surface area (Å²) in [4.78, 5) is 26.5. The zero-order valence-corrected chi connectivity index (χ0v) is 15.5. The molecule has 3 rings (SSSR count). The van der Waals surface area contributed by atoms with Gasteiger partial charge in [0, 0.05) is 10.9 Å². The molecular weight excluding hydrogens is 360 g/mol. The third-order valence-electron chi connectivity index (χ3n) is 3.60. The molecule has 0 unspecified atom stereocenters. The molecule has 0 fully saturated rings. The molecule has 0 aliphatic heterocycles. The highest BCUT2D eigenvalue weighted by atomic mass is 32.1. The molecule has 0 aliphatic rings. The van der Waals surface area contributed by atoms with E-state index >= 15 is 0 Å². The van der Waals surface area contributed by atoms with E-state index in [1.54, 1.807) is 13.0 Å². The Kier molecular flexibility index (Phi) is 5.00. The second-order valence-electron chi connectivity index (χ2n) is 5.22. The molecule has 0 saturated heterocycles. The topological polar surface area (TPSA) is 81.4 Å². The lowest BCUT2D eigenvalue weighted by molar-refractivity contribution is 0.0527. The molecule has 130 valence electrons. The molecule has 3 aromatic rings. The van der Waals surface area contributed by atoms with Crippen molar-refractivity contribution in [3.05, 3.63) is 45.3 Å². The fraction of sp³-hybridized carbons (Fsp3) is 0.235. The molecule has 1 N–H and O–H groups in total. The summed E-state index contributed by atoms with van der Waals surface area (Å²) >= 11 is 2.83. The van der Waals surface area contributed by atoms with Gasteiger partial charge in [0.05, 0.1) is 17.0 Å². The minimum absolute atomic E-state index is 0.155. The van der Waals surface area contributed by atoms with Crippen LogP contribution in [-0.2, 0) is 4.74 Å². The highest BCUT2D eigenvalue weighted by Gasteiger charge is 2.23. The van der Waals surface area contributed by atoms with E-state index in [1.165, 1.54) is 22.7 Å². The Labute approximate surface area is 152 Å². The summed E-state index contributed by atoms with van der Waals surface area (Å²) in [6, 6.07) is 5.36. The van der Waals surface area contributed by atoms with E-state index < -0.39 is 11.9 Å². The summed E-state index contributed by atoms with van der Waals surface area (Å²) in [6.45, 7) is 5.74. The van der Waals surface area contributed by atoms with E-state index in [0.29, 0.717) is 16.3 Å². The van der Waals surface area contributed by atoms with Gasteiger partial charge in [0.25, 0.3) is 5.91 Å². The number of thiophene rings is 2. The number of hydrogen-bond acceptors (Lipinski definition) is 7. The molecule has 25 heavy (non-hydrogen) atoms. The zero-order chi connectivity index (χ0) is 18.0. The van der Waals surface area contributed by atoms with Crippen LogP contribution < -0.4 is 5.32 Å². The predicted molar refractivity (Wildman–Crippen MR) is 97.5 cm³/mol. The number of nitrogens with one attached hydrogen (secondary N) is 1. The third kappa shape index (κ3) is 3.49. The first-order valence-corrected chi connectivity index (χ1v) is 9.30. The van der Waals surface area contributed by atoms with E-state index in [-0.39, 0.29) is 12.3 Å². The van der Waals surface area contributed by atoms with Crippen molar-refractivity contribution in [3.63, 3.8) is 0 Å². The maximum Gasteiger partial charge on any atom is 0.341 e. The maximum absolute atomic E-state index is 12.5. The molecule has 0 atom stereocenters. The minimum Gasteiger partial charge on any atom is -0.462 e. The molecule has 3 aromatic heterocycles. The Morgan fingerprint density at radius 3 is 2.84 bits per heavy atom. The summed E-state index contributed by atoms with van der Waals surface area (Å²) in [6.07, 6.45) is 0. The summed E-state index contributed by atoms with van der Waals surface area (Å²) in [5.41, 5.74) is 1.35. The molecule has 0 bridgehead atoms. The highest BCUT2D eigenvalue weighted by Crippen LogP contribution is 2.33. The summed E-state index contributed by atoms with van der Waals surface area (Å²) in [5, 5.41) is 8.94. The first-order valence-electron chi connectivity index (χ1n) is 7.60. The normalized spacial score (nSPS) is 10.7. The van der Waals surface area contributed by atoms with Gasteiger partial charge in [-0.3, -0.25) is 4.79 Å². The van der Waals surface area contributed by atoms with Crippen LogP contribution in [-0.4, -0.2) is 23.6 Å². The molecule has 0 spiro atoms. The van der Waals surface area contributed by atoms with Crippen molar-refractivity contribution >= 4 is 39.6 Å². The van der Waals surface area contributed by atoms with Crippen molar-refractivity contribution in [3.8, 4) is 10.6 Å². The Hall–Kier alpha value is -2.45. The van der Waals surface area contributed by atoms with Crippen LogP contribution in [0.25, 0.3) is 10.6 Å². The maximum atomic E-state index is 12.5. The van der Waals surface area contributed by atoms with Gasteiger partial charge in [-0.2, -0.15) is 0 Å². The Morgan fingerprint density at radius 2 is 2.16 bits per heavy atom. The van der Waals surface area contributed by atoms with Crippen molar-refractivity contribution in [2.75, 3.05) is 11.9 Å². The van der Waals surface area contributed by atoms with Crippen LogP contribution in [0.2, 0.25) is 0 Å². The van der Waals surface area contributed by atoms with E-state index in [0.717, 1.165) is 15.3 Å². The second kappa shape index (κ2) is 7.20.